The summed E-state index contributed by atoms with van der Waals surface area (Å²) in [6.07, 6.45) is 0.970. The molecular formula is C15H22N4O4. The van der Waals surface area contributed by atoms with Gasteiger partial charge in [-0.25, -0.2) is 0 Å². The average molecular weight is 322 g/mol. The van der Waals surface area contributed by atoms with Crippen molar-refractivity contribution in [3.8, 4) is 5.75 Å². The van der Waals surface area contributed by atoms with Gasteiger partial charge in [-0.1, -0.05) is 6.92 Å². The third-order valence-corrected chi connectivity index (χ3v) is 4.17. The van der Waals surface area contributed by atoms with Crippen LogP contribution in [-0.4, -0.2) is 49.0 Å². The lowest BCUT2D eigenvalue weighted by Crippen LogP contribution is -2.35. The molecule has 0 radical (unpaired) electrons. The van der Waals surface area contributed by atoms with E-state index in [-0.39, 0.29) is 29.3 Å². The zero-order chi connectivity index (χ0) is 17.0. The van der Waals surface area contributed by atoms with Crippen LogP contribution in [0.15, 0.2) is 18.2 Å². The molecule has 8 nitrogen and oxygen atoms in total. The minimum absolute atomic E-state index is 0.0608. The molecule has 1 unspecified atom stereocenters. The normalized spacial score (nSPS) is 21.2. The highest BCUT2D eigenvalue weighted by molar-refractivity contribution is 5.93. The molecule has 1 aromatic carbocycles. The average Bonchev–Trinajstić information content (AvgIpc) is 2.89. The van der Waals surface area contributed by atoms with Crippen LogP contribution in [0.5, 0.6) is 5.75 Å². The van der Waals surface area contributed by atoms with Crippen LogP contribution in [0.25, 0.3) is 0 Å². The zero-order valence-electron chi connectivity index (χ0n) is 13.4. The van der Waals surface area contributed by atoms with Crippen LogP contribution in [0.3, 0.4) is 0 Å². The summed E-state index contributed by atoms with van der Waals surface area (Å²) in [6, 6.07) is 4.10. The highest BCUT2D eigenvalue weighted by Crippen LogP contribution is 2.30. The van der Waals surface area contributed by atoms with Crippen molar-refractivity contribution in [1.82, 2.24) is 4.90 Å². The second kappa shape index (κ2) is 6.93. The first-order chi connectivity index (χ1) is 10.9. The molecule has 8 heteroatoms. The van der Waals surface area contributed by atoms with Gasteiger partial charge in [0, 0.05) is 12.6 Å². The number of non-ortho nitro benzene ring substituents is 1. The molecule has 0 spiro atoms. The van der Waals surface area contributed by atoms with Gasteiger partial charge in [0.1, 0.15) is 5.75 Å². The monoisotopic (exact) mass is 322 g/mol. The van der Waals surface area contributed by atoms with Gasteiger partial charge in [0.15, 0.2) is 0 Å². The lowest BCUT2D eigenvalue weighted by molar-refractivity contribution is -0.384. The summed E-state index contributed by atoms with van der Waals surface area (Å²) in [4.78, 5) is 24.5. The Morgan fingerprint density at radius 3 is 2.87 bits per heavy atom. The molecule has 2 rings (SSSR count). The van der Waals surface area contributed by atoms with Crippen LogP contribution in [0.4, 0.5) is 11.4 Å². The number of carbonyl (C=O) groups is 1. The van der Waals surface area contributed by atoms with E-state index in [0.717, 1.165) is 19.5 Å². The number of carbonyl (C=O) groups excluding carboxylic acids is 1. The van der Waals surface area contributed by atoms with Crippen molar-refractivity contribution in [2.75, 3.05) is 38.6 Å². The standard InChI is InChI=1S/C15H22N4O4/c1-15(9-16)5-6-18(10-15)8-14(20)17-12-4-3-11(19(21)22)7-13(12)23-2/h3-4,7H,5-6,8-10,16H2,1-2H3,(H,17,20). The van der Waals surface area contributed by atoms with E-state index in [1.54, 1.807) is 0 Å². The minimum Gasteiger partial charge on any atom is -0.494 e. The number of rotatable bonds is 6. The number of likely N-dealkylation sites (tertiary alicyclic amines) is 1. The molecule has 0 aliphatic carbocycles. The Morgan fingerprint density at radius 2 is 2.30 bits per heavy atom. The second-order valence-corrected chi connectivity index (χ2v) is 6.17. The lowest BCUT2D eigenvalue weighted by atomic mass is 9.90. The molecule has 0 aromatic heterocycles. The molecule has 0 bridgehead atoms. The molecule has 1 atom stereocenters. The van der Waals surface area contributed by atoms with E-state index < -0.39 is 4.92 Å². The first-order valence-corrected chi connectivity index (χ1v) is 7.41. The first kappa shape index (κ1) is 17.2. The molecule has 0 saturated carbocycles. The third kappa shape index (κ3) is 4.17. The maximum Gasteiger partial charge on any atom is 0.273 e. The predicted molar refractivity (Wildman–Crippen MR) is 86.5 cm³/mol. The lowest BCUT2D eigenvalue weighted by Gasteiger charge is -2.22. The number of hydrogen-bond acceptors (Lipinski definition) is 6. The summed E-state index contributed by atoms with van der Waals surface area (Å²) in [6.45, 7) is 4.59. The van der Waals surface area contributed by atoms with Crippen LogP contribution < -0.4 is 15.8 Å². The molecule has 1 aromatic rings. The van der Waals surface area contributed by atoms with Crippen molar-refractivity contribution in [3.05, 3.63) is 28.3 Å². The van der Waals surface area contributed by atoms with Crippen LogP contribution >= 0.6 is 0 Å². The molecule has 3 N–H and O–H groups in total. The van der Waals surface area contributed by atoms with E-state index in [4.69, 9.17) is 10.5 Å². The fraction of sp³-hybridized carbons (Fsp3) is 0.533. The Kier molecular flexibility index (Phi) is 5.17. The molecule has 1 fully saturated rings. The number of hydrogen-bond donors (Lipinski definition) is 2. The van der Waals surface area contributed by atoms with Crippen molar-refractivity contribution < 1.29 is 14.5 Å². The number of nitrogens with zero attached hydrogens (tertiary/aromatic N) is 2. The fourth-order valence-corrected chi connectivity index (χ4v) is 2.72. The van der Waals surface area contributed by atoms with E-state index in [2.05, 4.69) is 17.1 Å². The number of nitro benzene ring substituents is 1. The van der Waals surface area contributed by atoms with Crippen molar-refractivity contribution in [2.45, 2.75) is 13.3 Å². The Balaban J connectivity index is 1.99. The number of nitrogens with one attached hydrogen (secondary N) is 1. The van der Waals surface area contributed by atoms with E-state index in [1.165, 1.54) is 25.3 Å². The minimum atomic E-state index is -0.508. The zero-order valence-corrected chi connectivity index (χ0v) is 13.4. The van der Waals surface area contributed by atoms with Gasteiger partial charge < -0.3 is 15.8 Å². The number of amides is 1. The summed E-state index contributed by atoms with van der Waals surface area (Å²) >= 11 is 0. The molecular weight excluding hydrogens is 300 g/mol. The molecule has 1 heterocycles. The van der Waals surface area contributed by atoms with E-state index in [9.17, 15) is 14.9 Å². The molecule has 126 valence electrons. The summed E-state index contributed by atoms with van der Waals surface area (Å²) in [5.41, 5.74) is 6.16. The third-order valence-electron chi connectivity index (χ3n) is 4.17. The highest BCUT2D eigenvalue weighted by atomic mass is 16.6. The van der Waals surface area contributed by atoms with Gasteiger partial charge in [-0.05, 0) is 31.0 Å². The molecule has 1 aliphatic heterocycles. The Labute approximate surface area is 134 Å². The van der Waals surface area contributed by atoms with Gasteiger partial charge in [-0.3, -0.25) is 19.8 Å². The number of nitro groups is 1. The van der Waals surface area contributed by atoms with Crippen molar-refractivity contribution in [2.24, 2.45) is 11.1 Å². The summed E-state index contributed by atoms with van der Waals surface area (Å²) in [7, 11) is 1.40. The van der Waals surface area contributed by atoms with Gasteiger partial charge in [-0.15, -0.1) is 0 Å². The fourth-order valence-electron chi connectivity index (χ4n) is 2.72. The van der Waals surface area contributed by atoms with Gasteiger partial charge >= 0.3 is 0 Å². The van der Waals surface area contributed by atoms with Crippen LogP contribution in [0, 0.1) is 15.5 Å². The quantitative estimate of drug-likeness (QED) is 0.601. The number of benzene rings is 1. The second-order valence-electron chi connectivity index (χ2n) is 6.17. The Morgan fingerprint density at radius 1 is 1.57 bits per heavy atom. The maximum atomic E-state index is 12.2. The molecule has 1 aliphatic rings. The summed E-state index contributed by atoms with van der Waals surface area (Å²) < 4.78 is 5.11. The summed E-state index contributed by atoms with van der Waals surface area (Å²) in [5, 5.41) is 13.5. The molecule has 23 heavy (non-hydrogen) atoms. The van der Waals surface area contributed by atoms with Gasteiger partial charge in [-0.2, -0.15) is 0 Å². The van der Waals surface area contributed by atoms with Gasteiger partial charge in [0.25, 0.3) is 5.69 Å². The van der Waals surface area contributed by atoms with E-state index >= 15 is 0 Å². The molecule has 1 saturated heterocycles. The number of nitrogens with two attached hydrogens (primary N) is 1. The largest absolute Gasteiger partial charge is 0.494 e. The number of methoxy groups -OCH3 is 1. The Bertz CT molecular complexity index is 607. The SMILES string of the molecule is COc1cc([N+](=O)[O-])ccc1NC(=O)CN1CCC(C)(CN)C1. The van der Waals surface area contributed by atoms with Crippen LogP contribution in [0.1, 0.15) is 13.3 Å². The van der Waals surface area contributed by atoms with E-state index in [1.807, 2.05) is 0 Å². The Hall–Kier alpha value is -2.19. The number of ether oxygens (including phenoxy) is 1. The topological polar surface area (TPSA) is 111 Å². The molecule has 1 amide bonds. The van der Waals surface area contributed by atoms with Crippen molar-refractivity contribution in [3.63, 3.8) is 0 Å². The smallest absolute Gasteiger partial charge is 0.273 e. The van der Waals surface area contributed by atoms with E-state index in [0.29, 0.717) is 12.2 Å². The van der Waals surface area contributed by atoms with Crippen molar-refractivity contribution >= 4 is 17.3 Å². The van der Waals surface area contributed by atoms with Crippen molar-refractivity contribution in [1.29, 1.82) is 0 Å². The highest BCUT2D eigenvalue weighted by Gasteiger charge is 2.33. The van der Waals surface area contributed by atoms with Crippen LogP contribution in [-0.2, 0) is 4.79 Å². The number of anilines is 1. The summed E-state index contributed by atoms with van der Waals surface area (Å²) in [5.74, 6) is 0.0826. The van der Waals surface area contributed by atoms with Crippen LogP contribution in [0.2, 0.25) is 0 Å². The maximum absolute atomic E-state index is 12.2. The van der Waals surface area contributed by atoms with Gasteiger partial charge in [0.05, 0.1) is 30.3 Å². The first-order valence-electron chi connectivity index (χ1n) is 7.41. The predicted octanol–water partition coefficient (Wildman–Crippen LogP) is 1.21. The van der Waals surface area contributed by atoms with Gasteiger partial charge in [0.2, 0.25) is 5.91 Å².